The van der Waals surface area contributed by atoms with Crippen molar-refractivity contribution in [3.8, 4) is 23.0 Å². The third-order valence-electron chi connectivity index (χ3n) is 12.9. The van der Waals surface area contributed by atoms with Crippen LogP contribution < -0.4 is 4.74 Å². The van der Waals surface area contributed by atoms with E-state index in [-0.39, 0.29) is 31.9 Å². The molecular weight excluding hydrogens is 882 g/mol. The van der Waals surface area contributed by atoms with Gasteiger partial charge in [-0.2, -0.15) is 6.07 Å². The van der Waals surface area contributed by atoms with Gasteiger partial charge in [0, 0.05) is 62.5 Å². The second kappa shape index (κ2) is 11.9. The summed E-state index contributed by atoms with van der Waals surface area (Å²) in [5.41, 5.74) is 9.75. The Balaban J connectivity index is 0.00000374. The van der Waals surface area contributed by atoms with Crippen LogP contribution >= 0.6 is 0 Å². The molecule has 6 nitrogen and oxygen atoms in total. The van der Waals surface area contributed by atoms with Gasteiger partial charge in [0.05, 0.1) is 22.1 Å². The van der Waals surface area contributed by atoms with Gasteiger partial charge in [-0.15, -0.1) is 29.7 Å². The average molecular weight is 917 g/mol. The molecule has 0 N–H and O–H groups in total. The summed E-state index contributed by atoms with van der Waals surface area (Å²) in [4.78, 5) is 10.2. The van der Waals surface area contributed by atoms with Gasteiger partial charge in [0.15, 0.2) is 0 Å². The van der Waals surface area contributed by atoms with Crippen LogP contribution in [0.15, 0.2) is 140 Å². The molecule has 7 heteroatoms. The van der Waals surface area contributed by atoms with Crippen molar-refractivity contribution in [2.75, 3.05) is 0 Å². The van der Waals surface area contributed by atoms with Gasteiger partial charge in [-0.3, -0.25) is 4.98 Å². The number of aromatic nitrogens is 5. The Bertz CT molecular complexity index is 3460. The van der Waals surface area contributed by atoms with Crippen molar-refractivity contribution >= 4 is 70.9 Å². The van der Waals surface area contributed by atoms with Gasteiger partial charge in [0.25, 0.3) is 0 Å². The van der Waals surface area contributed by atoms with Crippen molar-refractivity contribution in [2.24, 2.45) is 0 Å². The molecule has 6 heterocycles. The number of hydrogen-bond donors (Lipinski definition) is 0. The average Bonchev–Trinajstić information content (AvgIpc) is 3.92. The molecule has 5 aromatic heterocycles. The van der Waals surface area contributed by atoms with Crippen LogP contribution in [0.4, 0.5) is 0 Å². The molecule has 12 rings (SSSR count). The minimum atomic E-state index is -0.131. The van der Waals surface area contributed by atoms with Gasteiger partial charge in [0.1, 0.15) is 5.82 Å². The zero-order valence-electron chi connectivity index (χ0n) is 31.7. The largest absolute Gasteiger partial charge is 2.00 e. The molecule has 1 aliphatic heterocycles. The van der Waals surface area contributed by atoms with Crippen molar-refractivity contribution in [2.45, 2.75) is 38.5 Å². The fourth-order valence-electron chi connectivity index (χ4n) is 9.49. The molecule has 11 aromatic rings. The maximum Gasteiger partial charge on any atom is 2.00 e. The molecule has 0 spiro atoms. The molecule has 0 bridgehead atoms. The number of benzene rings is 6. The van der Waals surface area contributed by atoms with Gasteiger partial charge in [-0.1, -0.05) is 123 Å². The van der Waals surface area contributed by atoms with E-state index in [1.165, 1.54) is 22.2 Å². The Morgan fingerprint density at radius 2 is 1.25 bits per heavy atom. The maximum atomic E-state index is 6.69. The van der Waals surface area contributed by atoms with Crippen LogP contribution in [0.3, 0.4) is 0 Å². The number of hydrogen-bond acceptors (Lipinski definition) is 3. The summed E-state index contributed by atoms with van der Waals surface area (Å²) >= 11 is 0. The zero-order chi connectivity index (χ0) is 37.5. The molecule has 0 amide bonds. The summed E-state index contributed by atoms with van der Waals surface area (Å²) in [6.07, 6.45) is 3.97. The Hall–Kier alpha value is -6.23. The molecule has 57 heavy (non-hydrogen) atoms. The zero-order valence-corrected chi connectivity index (χ0v) is 34.0. The van der Waals surface area contributed by atoms with Crippen LogP contribution in [0, 0.1) is 12.1 Å². The molecule has 0 fully saturated rings. The van der Waals surface area contributed by atoms with Crippen molar-refractivity contribution in [1.29, 1.82) is 0 Å². The third kappa shape index (κ3) is 4.45. The minimum Gasteiger partial charge on any atom is -0.503 e. The van der Waals surface area contributed by atoms with E-state index >= 15 is 0 Å². The second-order valence-electron chi connectivity index (χ2n) is 16.1. The Morgan fingerprint density at radius 1 is 0.561 bits per heavy atom. The molecule has 0 saturated heterocycles. The molecule has 0 saturated carbocycles. The molecule has 276 valence electrons. The number of fused-ring (bicyclic) bond motifs is 9. The van der Waals surface area contributed by atoms with E-state index in [1.54, 1.807) is 0 Å². The first-order chi connectivity index (χ1) is 27.3. The summed E-state index contributed by atoms with van der Waals surface area (Å²) in [7, 11) is 0. The van der Waals surface area contributed by atoms with E-state index in [4.69, 9.17) is 14.7 Å². The predicted molar refractivity (Wildman–Crippen MR) is 227 cm³/mol. The quantitative estimate of drug-likeness (QED) is 0.131. The van der Waals surface area contributed by atoms with E-state index in [0.717, 1.165) is 71.5 Å². The predicted octanol–water partition coefficient (Wildman–Crippen LogP) is 12.2. The number of rotatable bonds is 4. The van der Waals surface area contributed by atoms with E-state index in [9.17, 15) is 0 Å². The van der Waals surface area contributed by atoms with Gasteiger partial charge in [0.2, 0.25) is 0 Å². The number of pyridine rings is 2. The topological polar surface area (TPSA) is 49.3 Å². The fourth-order valence-corrected chi connectivity index (χ4v) is 9.49. The summed E-state index contributed by atoms with van der Waals surface area (Å²) in [5, 5.41) is 7.68. The third-order valence-corrected chi connectivity index (χ3v) is 12.9. The molecule has 1 aliphatic rings. The normalized spacial score (nSPS) is 14.5. The minimum absolute atomic E-state index is 0. The standard InChI is InChI=1S/C50H35N5O.Pt/c1-49(2)39-18-12-17-36-33-23-21-31(27-38(33)47-52-29-44(50(49,3)4)55(47)46(36)39)56-32-22-24-35-34-15-8-10-19-40(34)54(43(35)28-32)48-45-37-16-9-11-20-41(37)53(42(45)25-26-51-48)30-13-6-5-7-14-30;/h5-26,29H,1-4H3;/q-2;+2. The van der Waals surface area contributed by atoms with Gasteiger partial charge in [-0.25, -0.2) is 4.98 Å². The molecule has 0 atom stereocenters. The Labute approximate surface area is 343 Å². The Morgan fingerprint density at radius 3 is 2.05 bits per heavy atom. The van der Waals surface area contributed by atoms with Crippen LogP contribution in [0.5, 0.6) is 11.5 Å². The molecule has 6 aromatic carbocycles. The first-order valence-corrected chi connectivity index (χ1v) is 19.2. The smallest absolute Gasteiger partial charge is 0.503 e. The number of imidazole rings is 1. The SMILES string of the molecule is CC1(C)c2cccc3c4ccc(Oc5[c-]c6c(cc5)c5ccccc5n6-c5nccc6c5c5ccccc5n6-c5ccccc5)[c-]c4c4ncc(n4c23)C1(C)C.[Pt+2]. The summed E-state index contributed by atoms with van der Waals surface area (Å²) in [6, 6.07) is 52.1. The van der Waals surface area contributed by atoms with Gasteiger partial charge in [-0.05, 0) is 46.7 Å². The van der Waals surface area contributed by atoms with E-state index in [0.29, 0.717) is 11.5 Å². The monoisotopic (exact) mass is 916 g/mol. The molecular formula is C50H35N5OPt. The molecule has 0 radical (unpaired) electrons. The van der Waals surface area contributed by atoms with Crippen LogP contribution in [0.2, 0.25) is 0 Å². The molecule has 0 aliphatic carbocycles. The van der Waals surface area contributed by atoms with Gasteiger partial charge >= 0.3 is 21.1 Å². The summed E-state index contributed by atoms with van der Waals surface area (Å²) < 4.78 is 13.6. The number of nitrogens with zero attached hydrogens (tertiary/aromatic N) is 5. The van der Waals surface area contributed by atoms with E-state index < -0.39 is 0 Å². The van der Waals surface area contributed by atoms with E-state index in [2.05, 4.69) is 175 Å². The van der Waals surface area contributed by atoms with Crippen molar-refractivity contribution < 1.29 is 25.8 Å². The van der Waals surface area contributed by atoms with Crippen LogP contribution in [-0.2, 0) is 31.9 Å². The van der Waals surface area contributed by atoms with Gasteiger partial charge < -0.3 is 18.3 Å². The first kappa shape index (κ1) is 34.1. The fraction of sp³-hybridized carbons (Fsp3) is 0.120. The second-order valence-corrected chi connectivity index (χ2v) is 16.1. The van der Waals surface area contributed by atoms with Crippen molar-refractivity contribution in [3.63, 3.8) is 0 Å². The number of para-hydroxylation sites is 4. The van der Waals surface area contributed by atoms with Crippen molar-refractivity contribution in [3.05, 3.63) is 163 Å². The van der Waals surface area contributed by atoms with Crippen LogP contribution in [-0.4, -0.2) is 23.5 Å². The van der Waals surface area contributed by atoms with Crippen LogP contribution in [0.25, 0.3) is 82.4 Å². The van der Waals surface area contributed by atoms with Crippen LogP contribution in [0.1, 0.15) is 39.0 Å². The number of ether oxygens (including phenoxy) is 1. The summed E-state index contributed by atoms with van der Waals surface area (Å²) in [6.45, 7) is 9.36. The first-order valence-electron chi connectivity index (χ1n) is 19.2. The van der Waals surface area contributed by atoms with E-state index in [1.807, 2.05) is 18.3 Å². The van der Waals surface area contributed by atoms with Crippen molar-refractivity contribution in [1.82, 2.24) is 23.5 Å². The summed E-state index contributed by atoms with van der Waals surface area (Å²) in [5.74, 6) is 2.06. The Kier molecular flexibility index (Phi) is 7.10. The maximum absolute atomic E-state index is 6.69. The molecule has 0 unspecified atom stereocenters.